The number of rotatable bonds is 4. The van der Waals surface area contributed by atoms with Crippen LogP contribution >= 0.6 is 0 Å². The van der Waals surface area contributed by atoms with Gasteiger partial charge in [0.25, 0.3) is 0 Å². The molecular formula is C15H25N3. The smallest absolute Gasteiger partial charge is 0.0369 e. The van der Waals surface area contributed by atoms with Crippen LogP contribution in [0.15, 0.2) is 18.2 Å². The molecule has 0 atom stereocenters. The molecule has 1 aromatic carbocycles. The van der Waals surface area contributed by atoms with E-state index in [1.807, 2.05) is 0 Å². The Balaban J connectivity index is 1.90. The molecule has 2 rings (SSSR count). The third-order valence-corrected chi connectivity index (χ3v) is 3.91. The number of aryl methyl sites for hydroxylation is 2. The van der Waals surface area contributed by atoms with Gasteiger partial charge in [0.05, 0.1) is 0 Å². The number of hydrogen-bond acceptors (Lipinski definition) is 3. The average Bonchev–Trinajstić information content (AvgIpc) is 2.40. The van der Waals surface area contributed by atoms with E-state index < -0.39 is 0 Å². The molecule has 1 aliphatic rings. The van der Waals surface area contributed by atoms with Crippen molar-refractivity contribution < 1.29 is 0 Å². The predicted octanol–water partition coefficient (Wildman–Crippen LogP) is 1.77. The van der Waals surface area contributed by atoms with Crippen LogP contribution in [-0.2, 0) is 0 Å². The van der Waals surface area contributed by atoms with E-state index in [1.54, 1.807) is 0 Å². The van der Waals surface area contributed by atoms with Gasteiger partial charge in [-0.2, -0.15) is 0 Å². The van der Waals surface area contributed by atoms with E-state index in [9.17, 15) is 0 Å². The summed E-state index contributed by atoms with van der Waals surface area (Å²) in [7, 11) is 0. The lowest BCUT2D eigenvalue weighted by Crippen LogP contribution is -2.46. The van der Waals surface area contributed by atoms with E-state index in [-0.39, 0.29) is 0 Å². The van der Waals surface area contributed by atoms with Gasteiger partial charge < -0.3 is 10.6 Å². The fourth-order valence-corrected chi connectivity index (χ4v) is 2.47. The summed E-state index contributed by atoms with van der Waals surface area (Å²) in [5.74, 6) is 0. The Bertz CT molecular complexity index is 381. The van der Waals surface area contributed by atoms with Crippen molar-refractivity contribution in [1.82, 2.24) is 4.90 Å². The van der Waals surface area contributed by atoms with Gasteiger partial charge in [-0.15, -0.1) is 0 Å². The van der Waals surface area contributed by atoms with Crippen LogP contribution in [0.4, 0.5) is 5.69 Å². The van der Waals surface area contributed by atoms with Crippen LogP contribution in [-0.4, -0.2) is 44.2 Å². The van der Waals surface area contributed by atoms with Crippen LogP contribution in [0.1, 0.15) is 17.5 Å². The molecule has 1 aliphatic heterocycles. The summed E-state index contributed by atoms with van der Waals surface area (Å²) in [6.45, 7) is 10.9. The van der Waals surface area contributed by atoms with Gasteiger partial charge >= 0.3 is 0 Å². The molecule has 1 heterocycles. The first kappa shape index (κ1) is 13.4. The van der Waals surface area contributed by atoms with Crippen molar-refractivity contribution in [1.29, 1.82) is 0 Å². The van der Waals surface area contributed by atoms with Gasteiger partial charge in [-0.1, -0.05) is 6.07 Å². The lowest BCUT2D eigenvalue weighted by Gasteiger charge is -2.36. The summed E-state index contributed by atoms with van der Waals surface area (Å²) in [6, 6.07) is 6.79. The van der Waals surface area contributed by atoms with Crippen molar-refractivity contribution >= 4 is 5.69 Å². The van der Waals surface area contributed by atoms with Gasteiger partial charge in [-0.05, 0) is 56.6 Å². The second-order valence-electron chi connectivity index (χ2n) is 5.24. The summed E-state index contributed by atoms with van der Waals surface area (Å²) < 4.78 is 0. The van der Waals surface area contributed by atoms with Crippen LogP contribution in [0.5, 0.6) is 0 Å². The minimum atomic E-state index is 0.803. The van der Waals surface area contributed by atoms with Crippen LogP contribution in [0.25, 0.3) is 0 Å². The molecule has 3 heteroatoms. The quantitative estimate of drug-likeness (QED) is 0.880. The molecule has 100 valence electrons. The molecule has 0 radical (unpaired) electrons. The maximum absolute atomic E-state index is 5.56. The standard InChI is InChI=1S/C15H25N3/c1-13-4-5-15(12-14(13)2)18-10-8-17(9-11-18)7-3-6-16/h4-5,12H,3,6-11,16H2,1-2H3. The first-order valence-electron chi connectivity index (χ1n) is 6.95. The second-order valence-corrected chi connectivity index (χ2v) is 5.24. The van der Waals surface area contributed by atoms with Gasteiger partial charge in [0.2, 0.25) is 0 Å². The monoisotopic (exact) mass is 247 g/mol. The van der Waals surface area contributed by atoms with Crippen molar-refractivity contribution in [3.63, 3.8) is 0 Å². The highest BCUT2D eigenvalue weighted by Gasteiger charge is 2.16. The van der Waals surface area contributed by atoms with Gasteiger partial charge in [-0.3, -0.25) is 4.90 Å². The topological polar surface area (TPSA) is 32.5 Å². The number of benzene rings is 1. The Morgan fingerprint density at radius 2 is 1.78 bits per heavy atom. The number of piperazine rings is 1. The third-order valence-electron chi connectivity index (χ3n) is 3.91. The summed E-state index contributed by atoms with van der Waals surface area (Å²) in [5.41, 5.74) is 9.69. The Hall–Kier alpha value is -1.06. The average molecular weight is 247 g/mol. The van der Waals surface area contributed by atoms with Crippen LogP contribution in [0.2, 0.25) is 0 Å². The van der Waals surface area contributed by atoms with E-state index in [1.165, 1.54) is 16.8 Å². The fraction of sp³-hybridized carbons (Fsp3) is 0.600. The molecule has 0 bridgehead atoms. The molecule has 1 fully saturated rings. The number of nitrogens with two attached hydrogens (primary N) is 1. The highest BCUT2D eigenvalue weighted by Crippen LogP contribution is 2.20. The molecule has 1 saturated heterocycles. The zero-order chi connectivity index (χ0) is 13.0. The van der Waals surface area contributed by atoms with Crippen molar-refractivity contribution in [2.75, 3.05) is 44.2 Å². The normalized spacial score (nSPS) is 17.2. The molecule has 1 aromatic rings. The fourth-order valence-electron chi connectivity index (χ4n) is 2.47. The zero-order valence-electron chi connectivity index (χ0n) is 11.7. The van der Waals surface area contributed by atoms with E-state index >= 15 is 0 Å². The molecule has 0 amide bonds. The SMILES string of the molecule is Cc1ccc(N2CCN(CCCN)CC2)cc1C. The Morgan fingerprint density at radius 1 is 1.06 bits per heavy atom. The molecule has 0 unspecified atom stereocenters. The third kappa shape index (κ3) is 3.24. The van der Waals surface area contributed by atoms with Gasteiger partial charge in [0.15, 0.2) is 0 Å². The maximum Gasteiger partial charge on any atom is 0.0369 e. The summed E-state index contributed by atoms with van der Waals surface area (Å²) in [6.07, 6.45) is 1.11. The summed E-state index contributed by atoms with van der Waals surface area (Å²) >= 11 is 0. The van der Waals surface area contributed by atoms with E-state index in [0.717, 1.165) is 45.7 Å². The minimum Gasteiger partial charge on any atom is -0.369 e. The first-order valence-corrected chi connectivity index (χ1v) is 6.95. The van der Waals surface area contributed by atoms with Crippen LogP contribution in [0.3, 0.4) is 0 Å². The zero-order valence-corrected chi connectivity index (χ0v) is 11.7. The van der Waals surface area contributed by atoms with Crippen molar-refractivity contribution in [2.24, 2.45) is 5.73 Å². The molecule has 2 N–H and O–H groups in total. The molecule has 3 nitrogen and oxygen atoms in total. The Labute approximate surface area is 111 Å². The van der Waals surface area contributed by atoms with Gasteiger partial charge in [-0.25, -0.2) is 0 Å². The number of anilines is 1. The highest BCUT2D eigenvalue weighted by molar-refractivity contribution is 5.50. The van der Waals surface area contributed by atoms with E-state index in [4.69, 9.17) is 5.73 Å². The predicted molar refractivity (Wildman–Crippen MR) is 78.2 cm³/mol. The van der Waals surface area contributed by atoms with E-state index in [0.29, 0.717) is 0 Å². The first-order chi connectivity index (χ1) is 8.70. The second kappa shape index (κ2) is 6.21. The van der Waals surface area contributed by atoms with Gasteiger partial charge in [0, 0.05) is 31.9 Å². The molecule has 0 spiro atoms. The van der Waals surface area contributed by atoms with Crippen LogP contribution in [0, 0.1) is 13.8 Å². The van der Waals surface area contributed by atoms with Crippen molar-refractivity contribution in [2.45, 2.75) is 20.3 Å². The molecule has 0 aromatic heterocycles. The lowest BCUT2D eigenvalue weighted by molar-refractivity contribution is 0.256. The van der Waals surface area contributed by atoms with Crippen LogP contribution < -0.4 is 10.6 Å². The maximum atomic E-state index is 5.56. The molecule has 0 aliphatic carbocycles. The van der Waals surface area contributed by atoms with Crippen molar-refractivity contribution in [3.8, 4) is 0 Å². The van der Waals surface area contributed by atoms with Crippen molar-refractivity contribution in [3.05, 3.63) is 29.3 Å². The number of hydrogen-bond donors (Lipinski definition) is 1. The largest absolute Gasteiger partial charge is 0.369 e. The Kier molecular flexibility index (Phi) is 4.61. The number of nitrogens with zero attached hydrogens (tertiary/aromatic N) is 2. The Morgan fingerprint density at radius 3 is 2.39 bits per heavy atom. The molecular weight excluding hydrogens is 222 g/mol. The highest BCUT2D eigenvalue weighted by atomic mass is 15.3. The summed E-state index contributed by atoms with van der Waals surface area (Å²) in [4.78, 5) is 5.01. The van der Waals surface area contributed by atoms with Gasteiger partial charge in [0.1, 0.15) is 0 Å². The summed E-state index contributed by atoms with van der Waals surface area (Å²) in [5, 5.41) is 0. The van der Waals surface area contributed by atoms with E-state index in [2.05, 4.69) is 41.8 Å². The molecule has 0 saturated carbocycles. The lowest BCUT2D eigenvalue weighted by atomic mass is 10.1. The molecule has 18 heavy (non-hydrogen) atoms. The minimum absolute atomic E-state index is 0.803.